The summed E-state index contributed by atoms with van der Waals surface area (Å²) in [5.74, 6) is -0.144. The van der Waals surface area contributed by atoms with Gasteiger partial charge in [-0.25, -0.2) is 0 Å². The molecule has 78 valence electrons. The minimum atomic E-state index is -0.834. The Morgan fingerprint density at radius 1 is 1.64 bits per heavy atom. The molecule has 2 aliphatic rings. The van der Waals surface area contributed by atoms with Gasteiger partial charge >= 0.3 is 0 Å². The average molecular weight is 196 g/mol. The highest BCUT2D eigenvalue weighted by atomic mass is 16.5. The Morgan fingerprint density at radius 2 is 2.36 bits per heavy atom. The summed E-state index contributed by atoms with van der Waals surface area (Å²) in [5.41, 5.74) is 1.03. The van der Waals surface area contributed by atoms with Gasteiger partial charge in [-0.2, -0.15) is 0 Å². The third-order valence-electron chi connectivity index (χ3n) is 3.67. The lowest BCUT2D eigenvalue weighted by atomic mass is 9.73. The van der Waals surface area contributed by atoms with Crippen molar-refractivity contribution in [2.24, 2.45) is 5.41 Å². The summed E-state index contributed by atoms with van der Waals surface area (Å²) in [4.78, 5) is 11.3. The van der Waals surface area contributed by atoms with E-state index in [9.17, 15) is 9.90 Å². The van der Waals surface area contributed by atoms with E-state index in [0.717, 1.165) is 18.4 Å². The third kappa shape index (κ3) is 1.23. The fourth-order valence-corrected chi connectivity index (χ4v) is 2.75. The maximum Gasteiger partial charge on any atom is 0.184 e. The van der Waals surface area contributed by atoms with Crippen LogP contribution in [0.25, 0.3) is 0 Å². The number of aliphatic hydroxyl groups excluding tert-OH is 1. The van der Waals surface area contributed by atoms with Crippen LogP contribution in [0.15, 0.2) is 11.6 Å². The standard InChI is InChI=1S/C11H16O3/c1-11-6-9(13)8(12)5-7(11)3-4-10(11)14-2/h5,9-10,13H,3-4,6H2,1-2H3/t9-,10+,11+/m1/s1. The molecule has 0 amide bonds. The van der Waals surface area contributed by atoms with Crippen LogP contribution >= 0.6 is 0 Å². The minimum Gasteiger partial charge on any atom is -0.385 e. The van der Waals surface area contributed by atoms with E-state index in [1.165, 1.54) is 0 Å². The summed E-state index contributed by atoms with van der Waals surface area (Å²) in [7, 11) is 1.70. The van der Waals surface area contributed by atoms with Crippen molar-refractivity contribution in [2.75, 3.05) is 7.11 Å². The summed E-state index contributed by atoms with van der Waals surface area (Å²) >= 11 is 0. The molecule has 3 heteroatoms. The van der Waals surface area contributed by atoms with Gasteiger partial charge in [-0.3, -0.25) is 4.79 Å². The maximum absolute atomic E-state index is 11.3. The number of methoxy groups -OCH3 is 1. The number of hydrogen-bond acceptors (Lipinski definition) is 3. The van der Waals surface area contributed by atoms with Gasteiger partial charge in [0, 0.05) is 12.5 Å². The van der Waals surface area contributed by atoms with Gasteiger partial charge < -0.3 is 9.84 Å². The largest absolute Gasteiger partial charge is 0.385 e. The summed E-state index contributed by atoms with van der Waals surface area (Å²) in [6.07, 6.45) is 3.33. The Morgan fingerprint density at radius 3 is 3.00 bits per heavy atom. The molecule has 0 unspecified atom stereocenters. The van der Waals surface area contributed by atoms with Gasteiger partial charge in [0.15, 0.2) is 5.78 Å². The van der Waals surface area contributed by atoms with Gasteiger partial charge in [-0.15, -0.1) is 0 Å². The molecule has 0 spiro atoms. The molecule has 14 heavy (non-hydrogen) atoms. The second-order valence-electron chi connectivity index (χ2n) is 4.47. The van der Waals surface area contributed by atoms with E-state index in [-0.39, 0.29) is 17.3 Å². The minimum absolute atomic E-state index is 0.123. The molecule has 1 saturated carbocycles. The molecule has 0 saturated heterocycles. The van der Waals surface area contributed by atoms with Crippen LogP contribution in [-0.2, 0) is 9.53 Å². The first-order chi connectivity index (χ1) is 6.58. The lowest BCUT2D eigenvalue weighted by molar-refractivity contribution is -0.125. The maximum atomic E-state index is 11.3. The molecule has 0 aliphatic heterocycles. The number of ketones is 1. The predicted molar refractivity (Wildman–Crippen MR) is 51.9 cm³/mol. The molecule has 3 nitrogen and oxygen atoms in total. The van der Waals surface area contributed by atoms with Crippen molar-refractivity contribution in [3.05, 3.63) is 11.6 Å². The van der Waals surface area contributed by atoms with Crippen LogP contribution in [0.4, 0.5) is 0 Å². The number of ether oxygens (including phenoxy) is 1. The fourth-order valence-electron chi connectivity index (χ4n) is 2.75. The van der Waals surface area contributed by atoms with Crippen LogP contribution in [0.5, 0.6) is 0 Å². The van der Waals surface area contributed by atoms with E-state index in [2.05, 4.69) is 6.92 Å². The van der Waals surface area contributed by atoms with Gasteiger partial charge in [0.1, 0.15) is 6.10 Å². The van der Waals surface area contributed by atoms with Gasteiger partial charge in [0.05, 0.1) is 6.10 Å². The molecule has 0 aromatic carbocycles. The quantitative estimate of drug-likeness (QED) is 0.682. The summed E-state index contributed by atoms with van der Waals surface area (Å²) in [6, 6.07) is 0. The lowest BCUT2D eigenvalue weighted by Crippen LogP contribution is -2.39. The first kappa shape index (κ1) is 9.87. The summed E-state index contributed by atoms with van der Waals surface area (Å²) in [5, 5.41) is 9.55. The number of rotatable bonds is 1. The van der Waals surface area contributed by atoms with E-state index in [1.54, 1.807) is 13.2 Å². The Hall–Kier alpha value is -0.670. The van der Waals surface area contributed by atoms with Crippen LogP contribution in [0.1, 0.15) is 26.2 Å². The Balaban J connectivity index is 2.35. The third-order valence-corrected chi connectivity index (χ3v) is 3.67. The van der Waals surface area contributed by atoms with E-state index >= 15 is 0 Å². The summed E-state index contributed by atoms with van der Waals surface area (Å²) in [6.45, 7) is 2.08. The van der Waals surface area contributed by atoms with Crippen LogP contribution in [-0.4, -0.2) is 30.2 Å². The van der Waals surface area contributed by atoms with Crippen LogP contribution in [0.2, 0.25) is 0 Å². The van der Waals surface area contributed by atoms with Gasteiger partial charge in [0.2, 0.25) is 0 Å². The van der Waals surface area contributed by atoms with Gasteiger partial charge in [-0.1, -0.05) is 12.5 Å². The first-order valence-electron chi connectivity index (χ1n) is 5.03. The van der Waals surface area contributed by atoms with Crippen molar-refractivity contribution in [1.29, 1.82) is 0 Å². The highest BCUT2D eigenvalue weighted by Crippen LogP contribution is 2.49. The van der Waals surface area contributed by atoms with E-state index in [0.29, 0.717) is 6.42 Å². The predicted octanol–water partition coefficient (Wildman–Crippen LogP) is 1.06. The zero-order chi connectivity index (χ0) is 10.3. The molecular formula is C11H16O3. The van der Waals surface area contributed by atoms with Crippen molar-refractivity contribution in [3.8, 4) is 0 Å². The van der Waals surface area contributed by atoms with Crippen molar-refractivity contribution < 1.29 is 14.6 Å². The van der Waals surface area contributed by atoms with Gasteiger partial charge in [0.25, 0.3) is 0 Å². The monoisotopic (exact) mass is 196 g/mol. The Bertz CT molecular complexity index is 295. The second-order valence-corrected chi connectivity index (χ2v) is 4.47. The van der Waals surface area contributed by atoms with Crippen molar-refractivity contribution in [1.82, 2.24) is 0 Å². The number of carbonyl (C=O) groups excluding carboxylic acids is 1. The van der Waals surface area contributed by atoms with Crippen LogP contribution in [0.3, 0.4) is 0 Å². The number of aliphatic hydroxyl groups is 1. The number of hydrogen-bond donors (Lipinski definition) is 1. The lowest BCUT2D eigenvalue weighted by Gasteiger charge is -2.36. The van der Waals surface area contributed by atoms with E-state index in [1.807, 2.05) is 0 Å². The van der Waals surface area contributed by atoms with Crippen LogP contribution < -0.4 is 0 Å². The second kappa shape index (κ2) is 3.17. The fraction of sp³-hybridized carbons (Fsp3) is 0.727. The van der Waals surface area contributed by atoms with Crippen molar-refractivity contribution in [2.45, 2.75) is 38.4 Å². The average Bonchev–Trinajstić information content (AvgIpc) is 2.43. The van der Waals surface area contributed by atoms with E-state index in [4.69, 9.17) is 4.74 Å². The molecule has 0 aromatic heterocycles. The highest BCUT2D eigenvalue weighted by molar-refractivity contribution is 5.95. The molecule has 0 aromatic rings. The normalized spacial score (nSPS) is 42.2. The molecular weight excluding hydrogens is 180 g/mol. The summed E-state index contributed by atoms with van der Waals surface area (Å²) < 4.78 is 5.40. The SMILES string of the molecule is CO[C@H]1CCC2=CC(=O)[C@H](O)C[C@@]21C. The molecule has 2 aliphatic carbocycles. The highest BCUT2D eigenvalue weighted by Gasteiger charge is 2.47. The zero-order valence-corrected chi connectivity index (χ0v) is 8.62. The molecule has 0 heterocycles. The Kier molecular flexibility index (Phi) is 2.24. The van der Waals surface area contributed by atoms with E-state index < -0.39 is 6.10 Å². The number of carbonyl (C=O) groups is 1. The molecule has 1 N–H and O–H groups in total. The molecule has 2 rings (SSSR count). The zero-order valence-electron chi connectivity index (χ0n) is 8.62. The molecule has 0 bridgehead atoms. The molecule has 1 fully saturated rings. The first-order valence-corrected chi connectivity index (χ1v) is 5.03. The topological polar surface area (TPSA) is 46.5 Å². The number of fused-ring (bicyclic) bond motifs is 1. The van der Waals surface area contributed by atoms with Crippen molar-refractivity contribution >= 4 is 5.78 Å². The Labute approximate surface area is 83.8 Å². The molecule has 3 atom stereocenters. The van der Waals surface area contributed by atoms with Crippen molar-refractivity contribution in [3.63, 3.8) is 0 Å². The van der Waals surface area contributed by atoms with Gasteiger partial charge in [-0.05, 0) is 25.3 Å². The smallest absolute Gasteiger partial charge is 0.184 e. The molecule has 0 radical (unpaired) electrons. The van der Waals surface area contributed by atoms with Crippen LogP contribution in [0, 0.1) is 5.41 Å².